The number of pyridine rings is 1. The van der Waals surface area contributed by atoms with Crippen molar-refractivity contribution in [2.75, 3.05) is 59.5 Å². The Hall–Kier alpha value is -1.88. The summed E-state index contributed by atoms with van der Waals surface area (Å²) in [7, 11) is -3.55. The van der Waals surface area contributed by atoms with E-state index in [2.05, 4.69) is 23.2 Å². The molecule has 0 fully saturated rings. The van der Waals surface area contributed by atoms with Crippen molar-refractivity contribution in [2.45, 2.75) is 74.5 Å². The van der Waals surface area contributed by atoms with Crippen LogP contribution in [0.3, 0.4) is 0 Å². The summed E-state index contributed by atoms with van der Waals surface area (Å²) in [4.78, 5) is 22.3. The highest BCUT2D eigenvalue weighted by molar-refractivity contribution is 7.93. The van der Waals surface area contributed by atoms with Gasteiger partial charge >= 0.3 is 0 Å². The molecule has 0 spiro atoms. The van der Waals surface area contributed by atoms with E-state index < -0.39 is 21.4 Å². The van der Waals surface area contributed by atoms with Crippen molar-refractivity contribution in [3.8, 4) is 0 Å². The molecule has 12 nitrogen and oxygen atoms in total. The highest BCUT2D eigenvalue weighted by Crippen LogP contribution is 2.42. The number of rotatable bonds is 17. The molecule has 0 bridgehead atoms. The molecule has 240 valence electrons. The van der Waals surface area contributed by atoms with Crippen LogP contribution in [0.4, 0.5) is 0 Å². The molecule has 2 aliphatic rings. The fourth-order valence-electron chi connectivity index (χ4n) is 5.38. The predicted octanol–water partition coefficient (Wildman–Crippen LogP) is 1.99. The van der Waals surface area contributed by atoms with Gasteiger partial charge in [0, 0.05) is 16.8 Å². The van der Waals surface area contributed by atoms with Crippen LogP contribution in [-0.4, -0.2) is 89.8 Å². The number of aromatic nitrogens is 2. The van der Waals surface area contributed by atoms with E-state index in [9.17, 15) is 14.1 Å². The maximum atomic E-state index is 13.4. The van der Waals surface area contributed by atoms with Gasteiger partial charge in [-0.05, 0) is 55.7 Å². The maximum absolute atomic E-state index is 13.4. The molecule has 0 radical (unpaired) electrons. The molecule has 4 rings (SSSR count). The largest absolute Gasteiger partial charge is 0.394 e. The third-order valence-corrected chi connectivity index (χ3v) is 10.8. The molecule has 4 N–H and O–H groups in total. The van der Waals surface area contributed by atoms with Gasteiger partial charge in [0.05, 0.1) is 72.1 Å². The first kappa shape index (κ1) is 34.0. The highest BCUT2D eigenvalue weighted by atomic mass is 32.2. The summed E-state index contributed by atoms with van der Waals surface area (Å²) in [6.45, 7) is 8.27. The van der Waals surface area contributed by atoms with Gasteiger partial charge in [-0.25, -0.2) is 14.3 Å². The van der Waals surface area contributed by atoms with Crippen LogP contribution in [0.1, 0.15) is 66.7 Å². The Morgan fingerprint density at radius 2 is 1.72 bits per heavy atom. The minimum absolute atomic E-state index is 0.0149. The average molecular weight is 641 g/mol. The van der Waals surface area contributed by atoms with E-state index >= 15 is 0 Å². The van der Waals surface area contributed by atoms with Crippen molar-refractivity contribution < 1.29 is 38.2 Å². The van der Waals surface area contributed by atoms with Crippen LogP contribution in [0.5, 0.6) is 0 Å². The molecule has 2 unspecified atom stereocenters. The SMILES string of the molecule is CC1(C)CCc2c1nc1c(c2CC(=O)N=S(N)(=O)c2cnc(C(C)(O)COCCOCCOCCOCCO)s2)CCC1. The molecule has 0 saturated heterocycles. The lowest BCUT2D eigenvalue weighted by molar-refractivity contribution is -0.117. The number of amides is 1. The third kappa shape index (κ3) is 8.86. The van der Waals surface area contributed by atoms with Crippen LogP contribution >= 0.6 is 11.3 Å². The van der Waals surface area contributed by atoms with Crippen molar-refractivity contribution in [3.63, 3.8) is 0 Å². The number of carbonyl (C=O) groups is 1. The number of aliphatic hydroxyl groups is 2. The smallest absolute Gasteiger partial charge is 0.259 e. The molecule has 43 heavy (non-hydrogen) atoms. The molecular weight excluding hydrogens is 596 g/mol. The normalized spacial score (nSPS) is 18.2. The lowest BCUT2D eigenvalue weighted by Crippen LogP contribution is -2.28. The summed E-state index contributed by atoms with van der Waals surface area (Å²) in [5, 5.41) is 25.9. The van der Waals surface area contributed by atoms with Gasteiger partial charge in [-0.1, -0.05) is 13.8 Å². The minimum Gasteiger partial charge on any atom is -0.394 e. The second-order valence-electron chi connectivity index (χ2n) is 11.7. The summed E-state index contributed by atoms with van der Waals surface area (Å²) in [5.74, 6) is -0.537. The summed E-state index contributed by atoms with van der Waals surface area (Å²) < 4.78 is 38.9. The summed E-state index contributed by atoms with van der Waals surface area (Å²) in [5.41, 5.74) is 3.88. The predicted molar refractivity (Wildman–Crippen MR) is 161 cm³/mol. The maximum Gasteiger partial charge on any atom is 0.259 e. The Morgan fingerprint density at radius 1 is 1.07 bits per heavy atom. The monoisotopic (exact) mass is 640 g/mol. The van der Waals surface area contributed by atoms with E-state index in [1.54, 1.807) is 0 Å². The van der Waals surface area contributed by atoms with Gasteiger partial charge in [-0.15, -0.1) is 15.7 Å². The number of carbonyl (C=O) groups excluding carboxylic acids is 1. The van der Waals surface area contributed by atoms with Gasteiger partial charge in [-0.2, -0.15) is 0 Å². The average Bonchev–Trinajstić information content (AvgIpc) is 3.69. The zero-order chi connectivity index (χ0) is 31.1. The Kier molecular flexibility index (Phi) is 11.8. The number of nitrogens with zero attached hydrogens (tertiary/aromatic N) is 3. The molecule has 2 heterocycles. The molecule has 0 aromatic carbocycles. The van der Waals surface area contributed by atoms with Gasteiger partial charge in [-0.3, -0.25) is 9.78 Å². The third-order valence-electron chi connectivity index (χ3n) is 7.62. The van der Waals surface area contributed by atoms with Gasteiger partial charge < -0.3 is 29.2 Å². The van der Waals surface area contributed by atoms with Crippen molar-refractivity contribution in [1.29, 1.82) is 0 Å². The van der Waals surface area contributed by atoms with Crippen LogP contribution in [0.15, 0.2) is 14.8 Å². The second-order valence-corrected chi connectivity index (χ2v) is 14.7. The number of aryl methyl sites for hydroxylation is 1. The number of hydrogen-bond donors (Lipinski definition) is 3. The number of thiazole rings is 1. The van der Waals surface area contributed by atoms with E-state index in [1.165, 1.54) is 13.1 Å². The molecule has 2 atom stereocenters. The molecule has 0 aliphatic heterocycles. The molecule has 2 aliphatic carbocycles. The van der Waals surface area contributed by atoms with Crippen LogP contribution in [0.25, 0.3) is 0 Å². The molecule has 1 amide bonds. The standard InChI is InChI=1S/C29H44N4O8S2/c1-28(2)8-7-21-22(20-5-4-6-23(20)32-26(21)28)17-24(35)33-43(30,37)25-18-31-27(42-25)29(3,36)19-41-16-15-40-14-13-39-12-11-38-10-9-34/h18,34,36H,4-17,19H2,1-3H3,(H2,30,33,35,37). The number of hydrogen-bond acceptors (Lipinski definition) is 11. The number of ether oxygens (including phenoxy) is 4. The zero-order valence-corrected chi connectivity index (χ0v) is 26.9. The lowest BCUT2D eigenvalue weighted by atomic mass is 9.89. The molecule has 2 aromatic heterocycles. The van der Waals surface area contributed by atoms with Crippen molar-refractivity contribution in [2.24, 2.45) is 9.50 Å². The Balaban J connectivity index is 1.29. The van der Waals surface area contributed by atoms with Crippen LogP contribution < -0.4 is 5.14 Å². The van der Waals surface area contributed by atoms with Crippen LogP contribution in [-0.2, 0) is 70.4 Å². The Bertz CT molecular complexity index is 1380. The van der Waals surface area contributed by atoms with E-state index in [4.69, 9.17) is 34.2 Å². The Morgan fingerprint density at radius 3 is 2.40 bits per heavy atom. The molecule has 0 saturated carbocycles. The lowest BCUT2D eigenvalue weighted by Gasteiger charge is -2.20. The quantitative estimate of drug-likeness (QED) is 0.217. The number of fused-ring (bicyclic) bond motifs is 2. The summed E-state index contributed by atoms with van der Waals surface area (Å²) in [6.07, 6.45) is 5.98. The summed E-state index contributed by atoms with van der Waals surface area (Å²) in [6, 6.07) is 0. The van der Waals surface area contributed by atoms with E-state index in [0.29, 0.717) is 33.0 Å². The van der Waals surface area contributed by atoms with Crippen molar-refractivity contribution in [1.82, 2.24) is 9.97 Å². The zero-order valence-electron chi connectivity index (χ0n) is 25.3. The highest BCUT2D eigenvalue weighted by Gasteiger charge is 2.36. The molecular formula is C29H44N4O8S2. The van der Waals surface area contributed by atoms with E-state index in [-0.39, 0.29) is 47.5 Å². The molecule has 2 aromatic rings. The van der Waals surface area contributed by atoms with Gasteiger partial charge in [0.2, 0.25) is 0 Å². The number of aliphatic hydroxyl groups excluding tert-OH is 1. The topological polar surface area (TPSA) is 176 Å². The fraction of sp³-hybridized carbons (Fsp3) is 0.690. The van der Waals surface area contributed by atoms with E-state index in [1.807, 2.05) is 0 Å². The molecule has 14 heteroatoms. The summed E-state index contributed by atoms with van der Waals surface area (Å²) >= 11 is 0.950. The fourth-order valence-corrected chi connectivity index (χ4v) is 7.55. The van der Waals surface area contributed by atoms with Gasteiger partial charge in [0.15, 0.2) is 9.92 Å². The minimum atomic E-state index is -3.55. The van der Waals surface area contributed by atoms with E-state index in [0.717, 1.165) is 71.5 Å². The van der Waals surface area contributed by atoms with Crippen LogP contribution in [0, 0.1) is 0 Å². The first-order valence-corrected chi connectivity index (χ1v) is 17.1. The van der Waals surface area contributed by atoms with Gasteiger partial charge in [0.25, 0.3) is 5.91 Å². The second kappa shape index (κ2) is 14.9. The van der Waals surface area contributed by atoms with Crippen molar-refractivity contribution >= 4 is 27.2 Å². The Labute approximate surface area is 257 Å². The first-order chi connectivity index (χ1) is 20.4. The van der Waals surface area contributed by atoms with Crippen LogP contribution in [0.2, 0.25) is 0 Å². The van der Waals surface area contributed by atoms with Gasteiger partial charge in [0.1, 0.15) is 14.8 Å². The number of nitrogens with two attached hydrogens (primary N) is 1. The first-order valence-electron chi connectivity index (χ1n) is 14.7. The van der Waals surface area contributed by atoms with Crippen molar-refractivity contribution in [3.05, 3.63) is 39.3 Å².